The normalized spacial score (nSPS) is 10.2. The van der Waals surface area contributed by atoms with Gasteiger partial charge in [0.25, 0.3) is 0 Å². The Morgan fingerprint density at radius 1 is 1.57 bits per heavy atom. The molecule has 0 atom stereocenters. The van der Waals surface area contributed by atoms with Crippen molar-refractivity contribution in [2.24, 2.45) is 5.73 Å². The third-order valence-corrected chi connectivity index (χ3v) is 2.60. The van der Waals surface area contributed by atoms with Gasteiger partial charge < -0.3 is 5.73 Å². The summed E-state index contributed by atoms with van der Waals surface area (Å²) in [6, 6.07) is 4.38. The highest BCUT2D eigenvalue weighted by Crippen LogP contribution is 2.20. The molecule has 14 heavy (non-hydrogen) atoms. The molecule has 0 bridgehead atoms. The van der Waals surface area contributed by atoms with Crippen molar-refractivity contribution in [3.63, 3.8) is 0 Å². The van der Waals surface area contributed by atoms with Crippen molar-refractivity contribution in [1.29, 1.82) is 0 Å². The predicted octanol–water partition coefficient (Wildman–Crippen LogP) is 2.08. The fourth-order valence-electron chi connectivity index (χ4n) is 1.11. The fourth-order valence-corrected chi connectivity index (χ4v) is 1.62. The lowest BCUT2D eigenvalue weighted by Gasteiger charge is -2.02. The minimum absolute atomic E-state index is 0.0391. The van der Waals surface area contributed by atoms with Crippen LogP contribution in [-0.2, 0) is 0 Å². The van der Waals surface area contributed by atoms with E-state index in [2.05, 4.69) is 0 Å². The lowest BCUT2D eigenvalue weighted by atomic mass is 10.1. The van der Waals surface area contributed by atoms with Crippen LogP contribution in [0, 0.1) is 5.82 Å². The largest absolute Gasteiger partial charge is 0.330 e. The molecule has 0 fully saturated rings. The third kappa shape index (κ3) is 2.56. The number of carbonyl (C=O) groups is 1. The molecule has 4 heteroatoms. The molecule has 0 radical (unpaired) electrons. The van der Waals surface area contributed by atoms with Crippen LogP contribution in [0.2, 0.25) is 0 Å². The van der Waals surface area contributed by atoms with E-state index in [9.17, 15) is 9.18 Å². The van der Waals surface area contributed by atoms with Crippen LogP contribution in [0.3, 0.4) is 0 Å². The summed E-state index contributed by atoms with van der Waals surface area (Å²) in [5.74, 6) is -0.329. The van der Waals surface area contributed by atoms with E-state index in [4.69, 9.17) is 5.73 Å². The minimum Gasteiger partial charge on any atom is -0.330 e. The number of halogens is 1. The van der Waals surface area contributed by atoms with Crippen molar-refractivity contribution in [2.75, 3.05) is 12.8 Å². The van der Waals surface area contributed by atoms with E-state index in [1.807, 2.05) is 0 Å². The zero-order valence-electron chi connectivity index (χ0n) is 7.92. The number of hydrogen-bond donors (Lipinski definition) is 1. The Labute approximate surface area is 86.7 Å². The summed E-state index contributed by atoms with van der Waals surface area (Å²) < 4.78 is 13.1. The first-order valence-corrected chi connectivity index (χ1v) is 5.48. The Balaban J connectivity index is 2.94. The maximum Gasteiger partial charge on any atom is 0.164 e. The van der Waals surface area contributed by atoms with Crippen molar-refractivity contribution in [2.45, 2.75) is 11.3 Å². The zero-order chi connectivity index (χ0) is 10.6. The highest BCUT2D eigenvalue weighted by atomic mass is 32.2. The Kier molecular flexibility index (Phi) is 4.10. The first kappa shape index (κ1) is 11.2. The molecule has 0 unspecified atom stereocenters. The minimum atomic E-state index is -0.290. The molecule has 76 valence electrons. The summed E-state index contributed by atoms with van der Waals surface area (Å²) in [6.45, 7) is 0.324. The van der Waals surface area contributed by atoms with Gasteiger partial charge in [0.05, 0.1) is 0 Å². The molecule has 1 aromatic rings. The van der Waals surface area contributed by atoms with Crippen LogP contribution >= 0.6 is 11.8 Å². The lowest BCUT2D eigenvalue weighted by Crippen LogP contribution is -2.08. The van der Waals surface area contributed by atoms with Gasteiger partial charge in [-0.1, -0.05) is 0 Å². The number of Topliss-reactive ketones (excluding diaryl/α,β-unsaturated/α-hetero) is 1. The predicted molar refractivity (Wildman–Crippen MR) is 56.2 cm³/mol. The maximum atomic E-state index is 13.1. The van der Waals surface area contributed by atoms with E-state index in [0.29, 0.717) is 23.4 Å². The summed E-state index contributed by atoms with van der Waals surface area (Å²) >= 11 is 1.29. The Morgan fingerprint density at radius 2 is 2.29 bits per heavy atom. The summed E-state index contributed by atoms with van der Waals surface area (Å²) in [5.41, 5.74) is 5.80. The zero-order valence-corrected chi connectivity index (χ0v) is 8.73. The third-order valence-electron chi connectivity index (χ3n) is 1.84. The van der Waals surface area contributed by atoms with E-state index in [0.717, 1.165) is 0 Å². The van der Waals surface area contributed by atoms with E-state index >= 15 is 0 Å². The van der Waals surface area contributed by atoms with Crippen molar-refractivity contribution in [1.82, 2.24) is 0 Å². The van der Waals surface area contributed by atoms with Gasteiger partial charge in [0.1, 0.15) is 5.82 Å². The van der Waals surface area contributed by atoms with Crippen molar-refractivity contribution in [3.05, 3.63) is 29.6 Å². The standard InChI is InChI=1S/C10H12FNOS/c1-14-10-6-7(2-3-8(10)11)9(13)4-5-12/h2-3,6H,4-5,12H2,1H3. The number of rotatable bonds is 4. The summed E-state index contributed by atoms with van der Waals surface area (Å²) in [7, 11) is 0. The first-order valence-electron chi connectivity index (χ1n) is 4.26. The van der Waals surface area contributed by atoms with Crippen LogP contribution in [0.4, 0.5) is 4.39 Å². The monoisotopic (exact) mass is 213 g/mol. The smallest absolute Gasteiger partial charge is 0.164 e. The Morgan fingerprint density at radius 3 is 2.86 bits per heavy atom. The second-order valence-corrected chi connectivity index (χ2v) is 3.66. The average Bonchev–Trinajstić information content (AvgIpc) is 2.19. The molecule has 0 aromatic heterocycles. The molecule has 2 nitrogen and oxygen atoms in total. The van der Waals surface area contributed by atoms with Crippen LogP contribution in [0.15, 0.2) is 23.1 Å². The van der Waals surface area contributed by atoms with Crippen molar-refractivity contribution >= 4 is 17.5 Å². The van der Waals surface area contributed by atoms with Gasteiger partial charge in [-0.25, -0.2) is 4.39 Å². The maximum absolute atomic E-state index is 13.1. The van der Waals surface area contributed by atoms with Crippen molar-refractivity contribution < 1.29 is 9.18 Å². The number of ketones is 1. The molecule has 1 rings (SSSR count). The molecule has 0 aliphatic rings. The molecule has 0 aliphatic heterocycles. The van der Waals surface area contributed by atoms with E-state index in [-0.39, 0.29) is 11.6 Å². The second-order valence-electron chi connectivity index (χ2n) is 2.81. The van der Waals surface area contributed by atoms with Gasteiger partial charge in [0.15, 0.2) is 5.78 Å². The van der Waals surface area contributed by atoms with Crippen molar-refractivity contribution in [3.8, 4) is 0 Å². The molecule has 2 N–H and O–H groups in total. The Bertz CT molecular complexity index is 341. The van der Waals surface area contributed by atoms with Gasteiger partial charge in [-0.2, -0.15) is 0 Å². The van der Waals surface area contributed by atoms with Gasteiger partial charge in [-0.3, -0.25) is 4.79 Å². The summed E-state index contributed by atoms with van der Waals surface area (Å²) in [6.07, 6.45) is 2.08. The number of nitrogens with two attached hydrogens (primary N) is 1. The molecular formula is C10H12FNOS. The number of thioether (sulfide) groups is 1. The van der Waals surface area contributed by atoms with Crippen LogP contribution in [0.25, 0.3) is 0 Å². The highest BCUT2D eigenvalue weighted by molar-refractivity contribution is 7.98. The second kappa shape index (κ2) is 5.12. The van der Waals surface area contributed by atoms with E-state index in [1.165, 1.54) is 23.9 Å². The number of hydrogen-bond acceptors (Lipinski definition) is 3. The van der Waals surface area contributed by atoms with Gasteiger partial charge in [0.2, 0.25) is 0 Å². The van der Waals surface area contributed by atoms with Gasteiger partial charge in [-0.15, -0.1) is 11.8 Å². The SMILES string of the molecule is CSc1cc(C(=O)CCN)ccc1F. The molecule has 0 aliphatic carbocycles. The summed E-state index contributed by atoms with van der Waals surface area (Å²) in [5, 5.41) is 0. The molecular weight excluding hydrogens is 201 g/mol. The topological polar surface area (TPSA) is 43.1 Å². The number of benzene rings is 1. The molecule has 0 amide bonds. The van der Waals surface area contributed by atoms with E-state index < -0.39 is 0 Å². The van der Waals surface area contributed by atoms with E-state index in [1.54, 1.807) is 12.3 Å². The molecule has 0 spiro atoms. The van der Waals surface area contributed by atoms with Gasteiger partial charge >= 0.3 is 0 Å². The van der Waals surface area contributed by atoms with Crippen LogP contribution in [0.1, 0.15) is 16.8 Å². The average molecular weight is 213 g/mol. The van der Waals surface area contributed by atoms with Gasteiger partial charge in [0, 0.05) is 16.9 Å². The fraction of sp³-hybridized carbons (Fsp3) is 0.300. The highest BCUT2D eigenvalue weighted by Gasteiger charge is 2.08. The Hall–Kier alpha value is -0.870. The van der Waals surface area contributed by atoms with Gasteiger partial charge in [-0.05, 0) is 31.0 Å². The lowest BCUT2D eigenvalue weighted by molar-refractivity contribution is 0.0985. The number of carbonyl (C=O) groups excluding carboxylic acids is 1. The molecule has 1 aromatic carbocycles. The molecule has 0 saturated heterocycles. The molecule has 0 saturated carbocycles. The van der Waals surface area contributed by atoms with Crippen LogP contribution < -0.4 is 5.73 Å². The first-order chi connectivity index (χ1) is 6.69. The van der Waals surface area contributed by atoms with Crippen LogP contribution in [-0.4, -0.2) is 18.6 Å². The quantitative estimate of drug-likeness (QED) is 0.615. The molecule has 0 heterocycles. The summed E-state index contributed by atoms with van der Waals surface area (Å²) in [4.78, 5) is 11.9. The van der Waals surface area contributed by atoms with Crippen LogP contribution in [0.5, 0.6) is 0 Å².